The van der Waals surface area contributed by atoms with Crippen molar-refractivity contribution >= 4 is 23.5 Å². The summed E-state index contributed by atoms with van der Waals surface area (Å²) >= 11 is 0. The molecule has 1 aliphatic heterocycles. The van der Waals surface area contributed by atoms with Gasteiger partial charge in [0.15, 0.2) is 0 Å². The third-order valence-electron chi connectivity index (χ3n) is 4.76. The van der Waals surface area contributed by atoms with E-state index in [2.05, 4.69) is 0 Å². The van der Waals surface area contributed by atoms with Gasteiger partial charge < -0.3 is 19.8 Å². The van der Waals surface area contributed by atoms with E-state index in [1.54, 1.807) is 4.90 Å². The molecule has 1 saturated heterocycles. The average molecular weight is 361 g/mol. The van der Waals surface area contributed by atoms with Gasteiger partial charge in [-0.25, -0.2) is 0 Å². The summed E-state index contributed by atoms with van der Waals surface area (Å²) in [4.78, 5) is 41.5. The number of benzene rings is 1. The highest BCUT2D eigenvalue weighted by molar-refractivity contribution is 6.10. The highest BCUT2D eigenvalue weighted by Gasteiger charge is 2.40. The molecule has 0 radical (unpaired) electrons. The number of aliphatic carboxylic acids is 1. The number of aryl methyl sites for hydroxylation is 2. The van der Waals surface area contributed by atoms with Crippen molar-refractivity contribution in [3.63, 3.8) is 0 Å². The minimum Gasteiger partial charge on any atom is -0.480 e. The third-order valence-corrected chi connectivity index (χ3v) is 4.76. The van der Waals surface area contributed by atoms with Gasteiger partial charge in [0.25, 0.3) is 0 Å². The maximum absolute atomic E-state index is 12.8. The van der Waals surface area contributed by atoms with Gasteiger partial charge >= 0.3 is 5.97 Å². The quantitative estimate of drug-likeness (QED) is 0.737. The number of carboxylic acid groups (broad SMARTS) is 1. The Morgan fingerprint density at radius 1 is 1.19 bits per heavy atom. The monoisotopic (exact) mass is 361 g/mol. The number of carbonyl (C=O) groups excluding carboxylic acids is 2. The molecular weight excluding hydrogens is 334 g/mol. The molecule has 7 nitrogen and oxygen atoms in total. The maximum Gasteiger partial charge on any atom is 0.323 e. The van der Waals surface area contributed by atoms with Gasteiger partial charge in [0.1, 0.15) is 12.5 Å². The molecule has 26 heavy (non-hydrogen) atoms. The normalized spacial score (nSPS) is 17.0. The van der Waals surface area contributed by atoms with Crippen LogP contribution >= 0.6 is 0 Å². The van der Waals surface area contributed by atoms with Crippen molar-refractivity contribution in [1.29, 1.82) is 0 Å². The molecule has 1 aromatic rings. The van der Waals surface area contributed by atoms with Gasteiger partial charge in [0.05, 0.1) is 0 Å². The first-order chi connectivity index (χ1) is 12.2. The fourth-order valence-electron chi connectivity index (χ4n) is 3.03. The highest BCUT2D eigenvalue weighted by atomic mass is 16.4. The molecule has 0 saturated carbocycles. The SMILES string of the molecule is Cc1ccc(N2CCC(C(=O)N(CCN(C)C)CC(=O)O)C2=O)cc1C. The Kier molecular flexibility index (Phi) is 6.37. The number of anilines is 1. The average Bonchev–Trinajstić information content (AvgIpc) is 2.94. The van der Waals surface area contributed by atoms with E-state index in [-0.39, 0.29) is 19.0 Å². The molecule has 0 bridgehead atoms. The first-order valence-electron chi connectivity index (χ1n) is 8.74. The summed E-state index contributed by atoms with van der Waals surface area (Å²) in [5, 5.41) is 9.09. The van der Waals surface area contributed by atoms with Crippen molar-refractivity contribution in [2.75, 3.05) is 45.2 Å². The molecule has 1 aromatic carbocycles. The lowest BCUT2D eigenvalue weighted by molar-refractivity contribution is -0.148. The van der Waals surface area contributed by atoms with E-state index in [0.717, 1.165) is 16.8 Å². The smallest absolute Gasteiger partial charge is 0.323 e. The van der Waals surface area contributed by atoms with Crippen LogP contribution in [0.15, 0.2) is 18.2 Å². The molecule has 142 valence electrons. The molecule has 2 rings (SSSR count). The molecule has 1 fully saturated rings. The van der Waals surface area contributed by atoms with Crippen molar-refractivity contribution in [2.24, 2.45) is 5.92 Å². The molecular formula is C19H27N3O4. The number of carbonyl (C=O) groups is 3. The minimum atomic E-state index is -1.08. The summed E-state index contributed by atoms with van der Waals surface area (Å²) in [6, 6.07) is 5.79. The summed E-state index contributed by atoms with van der Waals surface area (Å²) in [5.41, 5.74) is 3.01. The predicted octanol–water partition coefficient (Wildman–Crippen LogP) is 1.13. The van der Waals surface area contributed by atoms with Gasteiger partial charge in [-0.3, -0.25) is 14.4 Å². The van der Waals surface area contributed by atoms with Crippen LogP contribution in [-0.2, 0) is 14.4 Å². The first kappa shape index (κ1) is 19.9. The summed E-state index contributed by atoms with van der Waals surface area (Å²) in [5.74, 6) is -2.53. The lowest BCUT2D eigenvalue weighted by Crippen LogP contribution is -2.45. The number of hydrogen-bond acceptors (Lipinski definition) is 4. The summed E-state index contributed by atoms with van der Waals surface area (Å²) in [6.07, 6.45) is 0.405. The molecule has 7 heteroatoms. The van der Waals surface area contributed by atoms with Crippen molar-refractivity contribution in [3.05, 3.63) is 29.3 Å². The molecule has 1 unspecified atom stereocenters. The zero-order valence-corrected chi connectivity index (χ0v) is 15.9. The molecule has 1 aliphatic rings. The second-order valence-electron chi connectivity index (χ2n) is 7.06. The van der Waals surface area contributed by atoms with Crippen LogP contribution in [0, 0.1) is 19.8 Å². The molecule has 1 heterocycles. The summed E-state index contributed by atoms with van der Waals surface area (Å²) in [6.45, 7) is 4.89. The van der Waals surface area contributed by atoms with Crippen LogP contribution in [0.2, 0.25) is 0 Å². The van der Waals surface area contributed by atoms with Gasteiger partial charge in [-0.05, 0) is 57.6 Å². The number of nitrogens with zero attached hydrogens (tertiary/aromatic N) is 3. The van der Waals surface area contributed by atoms with Crippen molar-refractivity contribution in [2.45, 2.75) is 20.3 Å². The van der Waals surface area contributed by atoms with Crippen molar-refractivity contribution < 1.29 is 19.5 Å². The van der Waals surface area contributed by atoms with E-state index in [1.165, 1.54) is 4.90 Å². The number of amides is 2. The maximum atomic E-state index is 12.8. The van der Waals surface area contributed by atoms with Crippen LogP contribution in [0.4, 0.5) is 5.69 Å². The van der Waals surface area contributed by atoms with E-state index >= 15 is 0 Å². The van der Waals surface area contributed by atoms with Gasteiger partial charge in [0.2, 0.25) is 11.8 Å². The Hall–Kier alpha value is -2.41. The Morgan fingerprint density at radius 2 is 1.88 bits per heavy atom. The number of hydrogen-bond donors (Lipinski definition) is 1. The Balaban J connectivity index is 2.14. The van der Waals surface area contributed by atoms with E-state index in [1.807, 2.05) is 51.0 Å². The van der Waals surface area contributed by atoms with Crippen molar-refractivity contribution in [3.8, 4) is 0 Å². The molecule has 0 aliphatic carbocycles. The Morgan fingerprint density at radius 3 is 2.46 bits per heavy atom. The van der Waals surface area contributed by atoms with E-state index < -0.39 is 17.8 Å². The first-order valence-corrected chi connectivity index (χ1v) is 8.74. The van der Waals surface area contributed by atoms with Crippen LogP contribution in [0.3, 0.4) is 0 Å². The molecule has 1 N–H and O–H groups in total. The van der Waals surface area contributed by atoms with Crippen LogP contribution in [-0.4, -0.2) is 73.0 Å². The number of carboxylic acids is 1. The summed E-state index contributed by atoms with van der Waals surface area (Å²) < 4.78 is 0. The number of rotatable bonds is 7. The van der Waals surface area contributed by atoms with E-state index in [4.69, 9.17) is 5.11 Å². The van der Waals surface area contributed by atoms with Crippen LogP contribution in [0.25, 0.3) is 0 Å². The fourth-order valence-corrected chi connectivity index (χ4v) is 3.03. The molecule has 0 aromatic heterocycles. The largest absolute Gasteiger partial charge is 0.480 e. The van der Waals surface area contributed by atoms with Crippen LogP contribution in [0.1, 0.15) is 17.5 Å². The lowest BCUT2D eigenvalue weighted by Gasteiger charge is -2.25. The zero-order valence-electron chi connectivity index (χ0n) is 15.9. The van der Waals surface area contributed by atoms with Gasteiger partial charge in [-0.1, -0.05) is 6.07 Å². The fraction of sp³-hybridized carbons (Fsp3) is 0.526. The number of likely N-dealkylation sites (N-methyl/N-ethyl adjacent to an activating group) is 1. The van der Waals surface area contributed by atoms with Gasteiger partial charge in [-0.15, -0.1) is 0 Å². The van der Waals surface area contributed by atoms with Gasteiger partial charge in [-0.2, -0.15) is 0 Å². The lowest BCUT2D eigenvalue weighted by atomic mass is 10.1. The second kappa shape index (κ2) is 8.31. The highest BCUT2D eigenvalue weighted by Crippen LogP contribution is 2.28. The molecule has 0 spiro atoms. The van der Waals surface area contributed by atoms with Crippen molar-refractivity contribution in [1.82, 2.24) is 9.80 Å². The van der Waals surface area contributed by atoms with Gasteiger partial charge in [0, 0.05) is 25.3 Å². The van der Waals surface area contributed by atoms with Crippen LogP contribution < -0.4 is 4.90 Å². The Labute approximate surface area is 154 Å². The molecule has 1 atom stereocenters. The standard InChI is InChI=1S/C19H27N3O4/c1-13-5-6-15(11-14(13)2)22-8-7-16(19(22)26)18(25)21(12-17(23)24)10-9-20(3)4/h5-6,11,16H,7-10,12H2,1-4H3,(H,23,24). The summed E-state index contributed by atoms with van der Waals surface area (Å²) in [7, 11) is 3.71. The molecule has 2 amide bonds. The van der Waals surface area contributed by atoms with Crippen LogP contribution in [0.5, 0.6) is 0 Å². The third kappa shape index (κ3) is 4.60. The van der Waals surface area contributed by atoms with E-state index in [9.17, 15) is 14.4 Å². The second-order valence-corrected chi connectivity index (χ2v) is 7.06. The topological polar surface area (TPSA) is 81.2 Å². The minimum absolute atomic E-state index is 0.251. The zero-order chi connectivity index (χ0) is 19.4. The Bertz CT molecular complexity index is 702. The van der Waals surface area contributed by atoms with E-state index in [0.29, 0.717) is 19.5 Å². The predicted molar refractivity (Wildman–Crippen MR) is 99.1 cm³/mol.